The summed E-state index contributed by atoms with van der Waals surface area (Å²) in [7, 11) is 0. The molecule has 80 valence electrons. The van der Waals surface area contributed by atoms with Crippen LogP contribution >= 0.6 is 0 Å². The molecular formula is C10H12N2O3. The van der Waals surface area contributed by atoms with Crippen LogP contribution in [-0.4, -0.2) is 21.3 Å². The van der Waals surface area contributed by atoms with Gasteiger partial charge in [0.05, 0.1) is 6.20 Å². The second-order valence-electron chi connectivity index (χ2n) is 3.82. The van der Waals surface area contributed by atoms with Crippen LogP contribution in [0.25, 0.3) is 0 Å². The van der Waals surface area contributed by atoms with Crippen molar-refractivity contribution in [2.24, 2.45) is 0 Å². The van der Waals surface area contributed by atoms with Gasteiger partial charge in [0, 0.05) is 0 Å². The molecule has 1 aromatic rings. The summed E-state index contributed by atoms with van der Waals surface area (Å²) in [5.41, 5.74) is -0.160. The molecule has 0 aliphatic heterocycles. The second kappa shape index (κ2) is 3.84. The maximum Gasteiger partial charge on any atom is 0.341 e. The van der Waals surface area contributed by atoms with Gasteiger partial charge in [-0.1, -0.05) is 12.8 Å². The average Bonchev–Trinajstić information content (AvgIpc) is 2.69. The lowest BCUT2D eigenvalue weighted by atomic mass is 9.95. The molecule has 1 heterocycles. The van der Waals surface area contributed by atoms with E-state index in [9.17, 15) is 9.59 Å². The minimum Gasteiger partial charge on any atom is -0.477 e. The molecule has 0 aromatic carbocycles. The number of H-pyrrole nitrogens is 1. The average molecular weight is 208 g/mol. The third-order valence-corrected chi connectivity index (χ3v) is 2.89. The van der Waals surface area contributed by atoms with Crippen molar-refractivity contribution >= 4 is 5.97 Å². The summed E-state index contributed by atoms with van der Waals surface area (Å²) >= 11 is 0. The summed E-state index contributed by atoms with van der Waals surface area (Å²) in [5.74, 6) is -0.980. The molecule has 0 bridgehead atoms. The fourth-order valence-corrected chi connectivity index (χ4v) is 2.18. The number of nitrogens with one attached hydrogen (secondary N) is 1. The molecule has 2 N–H and O–H groups in total. The highest BCUT2D eigenvalue weighted by Crippen LogP contribution is 2.34. The van der Waals surface area contributed by atoms with Gasteiger partial charge in [-0.3, -0.25) is 4.79 Å². The summed E-state index contributed by atoms with van der Waals surface area (Å²) in [6.45, 7) is 0. The molecule has 5 nitrogen and oxygen atoms in total. The summed E-state index contributed by atoms with van der Waals surface area (Å²) in [4.78, 5) is 22.3. The Labute approximate surface area is 86.1 Å². The van der Waals surface area contributed by atoms with Crippen LogP contribution in [0.1, 0.15) is 47.5 Å². The lowest BCUT2D eigenvalue weighted by molar-refractivity contribution is 0.0692. The monoisotopic (exact) mass is 208 g/mol. The Morgan fingerprint density at radius 2 is 2.13 bits per heavy atom. The fraction of sp³-hybridized carbons (Fsp3) is 0.500. The smallest absolute Gasteiger partial charge is 0.341 e. The van der Waals surface area contributed by atoms with E-state index in [-0.39, 0.29) is 11.5 Å². The zero-order valence-corrected chi connectivity index (χ0v) is 8.19. The van der Waals surface area contributed by atoms with Gasteiger partial charge >= 0.3 is 5.97 Å². The molecule has 0 amide bonds. The normalized spacial score (nSPS) is 16.8. The second-order valence-corrected chi connectivity index (χ2v) is 3.82. The summed E-state index contributed by atoms with van der Waals surface area (Å²) in [6.07, 6.45) is 5.56. The van der Waals surface area contributed by atoms with E-state index in [4.69, 9.17) is 5.11 Å². The van der Waals surface area contributed by atoms with Gasteiger partial charge in [0.1, 0.15) is 5.56 Å². The number of carboxylic acid groups (broad SMARTS) is 1. The van der Waals surface area contributed by atoms with Crippen molar-refractivity contribution in [2.75, 3.05) is 0 Å². The number of nitrogens with zero attached hydrogens (tertiary/aromatic N) is 1. The van der Waals surface area contributed by atoms with E-state index < -0.39 is 11.5 Å². The Morgan fingerprint density at radius 3 is 2.73 bits per heavy atom. The van der Waals surface area contributed by atoms with Gasteiger partial charge in [-0.05, 0) is 24.3 Å². The first kappa shape index (κ1) is 9.89. The Kier molecular flexibility index (Phi) is 2.53. The highest BCUT2D eigenvalue weighted by Gasteiger charge is 2.24. The van der Waals surface area contributed by atoms with Crippen LogP contribution in [0.4, 0.5) is 0 Å². The lowest BCUT2D eigenvalue weighted by Gasteiger charge is -2.10. The molecular weight excluding hydrogens is 196 g/mol. The van der Waals surface area contributed by atoms with E-state index in [0.717, 1.165) is 25.7 Å². The van der Waals surface area contributed by atoms with Crippen LogP contribution in [0.5, 0.6) is 0 Å². The Hall–Kier alpha value is -1.65. The molecule has 1 saturated carbocycles. The molecule has 0 radical (unpaired) electrons. The topological polar surface area (TPSA) is 83.0 Å². The molecule has 0 atom stereocenters. The van der Waals surface area contributed by atoms with Crippen molar-refractivity contribution in [1.29, 1.82) is 0 Å². The van der Waals surface area contributed by atoms with Crippen LogP contribution in [0.3, 0.4) is 0 Å². The quantitative estimate of drug-likeness (QED) is 0.763. The van der Waals surface area contributed by atoms with E-state index in [2.05, 4.69) is 10.2 Å². The van der Waals surface area contributed by atoms with Crippen molar-refractivity contribution in [1.82, 2.24) is 10.2 Å². The van der Waals surface area contributed by atoms with Crippen LogP contribution in [0.15, 0.2) is 11.0 Å². The van der Waals surface area contributed by atoms with E-state index in [1.165, 1.54) is 6.20 Å². The van der Waals surface area contributed by atoms with Crippen LogP contribution in [-0.2, 0) is 0 Å². The van der Waals surface area contributed by atoms with Crippen molar-refractivity contribution in [3.63, 3.8) is 0 Å². The largest absolute Gasteiger partial charge is 0.477 e. The van der Waals surface area contributed by atoms with Crippen LogP contribution in [0.2, 0.25) is 0 Å². The molecule has 0 spiro atoms. The molecule has 0 unspecified atom stereocenters. The van der Waals surface area contributed by atoms with Crippen LogP contribution < -0.4 is 5.56 Å². The number of hydrogen-bond acceptors (Lipinski definition) is 3. The predicted molar refractivity (Wildman–Crippen MR) is 53.0 cm³/mol. The highest BCUT2D eigenvalue weighted by molar-refractivity contribution is 5.88. The lowest BCUT2D eigenvalue weighted by Crippen LogP contribution is -2.22. The van der Waals surface area contributed by atoms with Gasteiger partial charge in [-0.25, -0.2) is 9.89 Å². The Morgan fingerprint density at radius 1 is 1.47 bits per heavy atom. The zero-order valence-electron chi connectivity index (χ0n) is 8.19. The van der Waals surface area contributed by atoms with E-state index >= 15 is 0 Å². The maximum absolute atomic E-state index is 11.3. The van der Waals surface area contributed by atoms with E-state index in [1.54, 1.807) is 0 Å². The molecule has 2 rings (SSSR count). The number of aromatic carboxylic acids is 1. The minimum atomic E-state index is -1.17. The summed E-state index contributed by atoms with van der Waals surface area (Å²) in [5, 5.41) is 14.8. The zero-order chi connectivity index (χ0) is 10.8. The summed E-state index contributed by atoms with van der Waals surface area (Å²) in [6, 6.07) is 0. The van der Waals surface area contributed by atoms with Gasteiger partial charge in [0.25, 0.3) is 5.56 Å². The van der Waals surface area contributed by atoms with Crippen molar-refractivity contribution in [2.45, 2.75) is 31.6 Å². The first-order valence-electron chi connectivity index (χ1n) is 5.01. The number of aromatic amines is 1. The number of carbonyl (C=O) groups is 1. The number of rotatable bonds is 2. The third-order valence-electron chi connectivity index (χ3n) is 2.89. The van der Waals surface area contributed by atoms with Gasteiger partial charge in [-0.2, -0.15) is 5.10 Å². The molecule has 5 heteroatoms. The SMILES string of the molecule is O=C(O)c1c(C2CCCC2)cn[nH]c1=O. The fourth-order valence-electron chi connectivity index (χ4n) is 2.18. The van der Waals surface area contributed by atoms with Crippen molar-refractivity contribution in [3.05, 3.63) is 27.7 Å². The first-order valence-corrected chi connectivity index (χ1v) is 5.01. The van der Waals surface area contributed by atoms with E-state index in [0.29, 0.717) is 5.56 Å². The van der Waals surface area contributed by atoms with Crippen LogP contribution in [0, 0.1) is 0 Å². The molecule has 0 saturated heterocycles. The van der Waals surface area contributed by atoms with Gasteiger partial charge < -0.3 is 5.11 Å². The Balaban J connectivity index is 2.50. The van der Waals surface area contributed by atoms with Gasteiger partial charge in [0.2, 0.25) is 0 Å². The predicted octanol–water partition coefficient (Wildman–Crippen LogP) is 1.13. The highest BCUT2D eigenvalue weighted by atomic mass is 16.4. The first-order chi connectivity index (χ1) is 7.20. The third kappa shape index (κ3) is 1.77. The van der Waals surface area contributed by atoms with Gasteiger partial charge in [-0.15, -0.1) is 0 Å². The standard InChI is InChI=1S/C10H12N2O3/c13-9-8(10(14)15)7(5-11-12-9)6-3-1-2-4-6/h5-6H,1-4H2,(H,12,13)(H,14,15). The summed E-state index contributed by atoms with van der Waals surface area (Å²) < 4.78 is 0. The molecule has 1 aliphatic rings. The number of carboxylic acids is 1. The van der Waals surface area contributed by atoms with Gasteiger partial charge in [0.15, 0.2) is 0 Å². The van der Waals surface area contributed by atoms with E-state index in [1.807, 2.05) is 0 Å². The number of aromatic nitrogens is 2. The Bertz CT molecular complexity index is 433. The van der Waals surface area contributed by atoms with Crippen molar-refractivity contribution < 1.29 is 9.90 Å². The molecule has 1 fully saturated rings. The number of hydrogen-bond donors (Lipinski definition) is 2. The molecule has 1 aromatic heterocycles. The minimum absolute atomic E-state index is 0.142. The van der Waals surface area contributed by atoms with Crippen molar-refractivity contribution in [3.8, 4) is 0 Å². The molecule has 1 aliphatic carbocycles. The maximum atomic E-state index is 11.3. The molecule has 15 heavy (non-hydrogen) atoms.